The second-order valence-corrected chi connectivity index (χ2v) is 3.01. The molecule has 2 aromatic rings. The first kappa shape index (κ1) is 11.2. The normalized spacial score (nSPS) is 9.53. The van der Waals surface area contributed by atoms with Gasteiger partial charge in [0, 0.05) is 24.1 Å². The zero-order valence-corrected chi connectivity index (χ0v) is 8.34. The van der Waals surface area contributed by atoms with Gasteiger partial charge in [0.2, 0.25) is 0 Å². The zero-order chi connectivity index (χ0) is 11.4. The number of aromatic carboxylic acids is 1. The number of nitrogens with zero attached hydrogens (tertiary/aromatic N) is 1. The lowest BCUT2D eigenvalue weighted by molar-refractivity contribution is 0.0697. The van der Waals surface area contributed by atoms with Crippen molar-refractivity contribution in [1.29, 1.82) is 0 Å². The Morgan fingerprint density at radius 2 is 2.00 bits per heavy atom. The number of carboxylic acid groups (broad SMARTS) is 1. The highest BCUT2D eigenvalue weighted by atomic mass is 16.4. The zero-order valence-electron chi connectivity index (χ0n) is 8.34. The van der Waals surface area contributed by atoms with Crippen LogP contribution in [0.1, 0.15) is 10.4 Å². The van der Waals surface area contributed by atoms with Gasteiger partial charge in [0.15, 0.2) is 0 Å². The molecule has 0 aliphatic rings. The molecule has 0 amide bonds. The van der Waals surface area contributed by atoms with Gasteiger partial charge in [-0.3, -0.25) is 11.7 Å². The van der Waals surface area contributed by atoms with Crippen LogP contribution in [0.15, 0.2) is 30.5 Å². The number of hydrogen-bond donors (Lipinski definition) is 3. The quantitative estimate of drug-likeness (QED) is 0.473. The minimum absolute atomic E-state index is 0.332. The van der Waals surface area contributed by atoms with Gasteiger partial charge in [-0.15, -0.1) is 0 Å². The average Bonchev–Trinajstić information content (AvgIpc) is 2.63. The van der Waals surface area contributed by atoms with E-state index < -0.39 is 5.97 Å². The molecule has 5 nitrogen and oxygen atoms in total. The van der Waals surface area contributed by atoms with Crippen molar-refractivity contribution in [2.45, 2.75) is 0 Å². The molecule has 5 N–H and O–H groups in total. The lowest BCUT2D eigenvalue weighted by atomic mass is 10.1. The van der Waals surface area contributed by atoms with Crippen molar-refractivity contribution in [2.24, 2.45) is 18.7 Å². The molecular formula is C10H13N3O2. The van der Waals surface area contributed by atoms with Crippen LogP contribution in [0.2, 0.25) is 0 Å². The summed E-state index contributed by atoms with van der Waals surface area (Å²) in [7, 11) is 1.93. The molecule has 0 saturated heterocycles. The van der Waals surface area contributed by atoms with Crippen LogP contribution >= 0.6 is 0 Å². The Bertz CT molecular complexity index is 476. The molecule has 15 heavy (non-hydrogen) atoms. The van der Waals surface area contributed by atoms with Crippen LogP contribution in [0, 0.1) is 0 Å². The Hall–Kier alpha value is -1.85. The minimum atomic E-state index is -0.884. The van der Waals surface area contributed by atoms with Gasteiger partial charge in [-0.2, -0.15) is 0 Å². The molecule has 0 bridgehead atoms. The van der Waals surface area contributed by atoms with Crippen molar-refractivity contribution in [3.63, 3.8) is 0 Å². The van der Waals surface area contributed by atoms with Crippen LogP contribution in [-0.4, -0.2) is 15.6 Å². The molecule has 80 valence electrons. The maximum absolute atomic E-state index is 10.6. The number of carbonyl (C=O) groups is 1. The van der Waals surface area contributed by atoms with Gasteiger partial charge in [-0.1, -0.05) is 0 Å². The smallest absolute Gasteiger partial charge is 0.335 e. The van der Waals surface area contributed by atoms with E-state index in [-0.39, 0.29) is 0 Å². The summed E-state index contributed by atoms with van der Waals surface area (Å²) in [4.78, 5) is 10.6. The summed E-state index contributed by atoms with van der Waals surface area (Å²) in [6, 6.07) is 7.02. The highest BCUT2D eigenvalue weighted by Crippen LogP contribution is 2.16. The molecule has 0 fully saturated rings. The van der Waals surface area contributed by atoms with E-state index in [9.17, 15) is 4.79 Å². The third-order valence-corrected chi connectivity index (χ3v) is 2.13. The van der Waals surface area contributed by atoms with Crippen LogP contribution in [-0.2, 0) is 7.05 Å². The number of hydrazine groups is 1. The first-order chi connectivity index (χ1) is 7.18. The molecule has 1 aromatic carbocycles. The van der Waals surface area contributed by atoms with Crippen molar-refractivity contribution in [2.75, 3.05) is 0 Å². The lowest BCUT2D eigenvalue weighted by Crippen LogP contribution is -2.02. The van der Waals surface area contributed by atoms with Crippen molar-refractivity contribution in [1.82, 2.24) is 4.57 Å². The molecule has 0 saturated carbocycles. The lowest BCUT2D eigenvalue weighted by Gasteiger charge is -1.97. The maximum Gasteiger partial charge on any atom is 0.335 e. The number of aryl methyl sites for hydroxylation is 1. The molecule has 1 heterocycles. The van der Waals surface area contributed by atoms with Crippen molar-refractivity contribution >= 4 is 16.9 Å². The first-order valence-electron chi connectivity index (χ1n) is 4.30. The molecule has 0 atom stereocenters. The fraction of sp³-hybridized carbons (Fsp3) is 0.100. The number of fused-ring (bicyclic) bond motifs is 1. The van der Waals surface area contributed by atoms with Gasteiger partial charge in [0.25, 0.3) is 0 Å². The van der Waals surface area contributed by atoms with E-state index in [0.29, 0.717) is 5.56 Å². The summed E-state index contributed by atoms with van der Waals surface area (Å²) in [5.74, 6) is 7.12. The largest absolute Gasteiger partial charge is 0.478 e. The SMILES string of the molecule is Cn1ccc2cc(C(=O)O)ccc21.NN. The van der Waals surface area contributed by atoms with E-state index >= 15 is 0 Å². The van der Waals surface area contributed by atoms with Crippen LogP contribution in [0.3, 0.4) is 0 Å². The Kier molecular flexibility index (Phi) is 3.43. The standard InChI is InChI=1S/C10H9NO2.H4N2/c1-11-5-4-7-6-8(10(12)13)2-3-9(7)11;1-2/h2-6H,1H3,(H,12,13);1-2H2. The maximum atomic E-state index is 10.6. The third kappa shape index (κ3) is 2.15. The number of rotatable bonds is 1. The Labute approximate surface area is 86.9 Å². The number of benzene rings is 1. The van der Waals surface area contributed by atoms with E-state index in [1.807, 2.05) is 29.9 Å². The summed E-state index contributed by atoms with van der Waals surface area (Å²) in [5.41, 5.74) is 1.38. The fourth-order valence-electron chi connectivity index (χ4n) is 1.41. The van der Waals surface area contributed by atoms with Crippen molar-refractivity contribution in [3.8, 4) is 0 Å². The summed E-state index contributed by atoms with van der Waals surface area (Å²) in [6.07, 6.45) is 1.91. The second kappa shape index (κ2) is 4.59. The Balaban J connectivity index is 0.000000531. The Morgan fingerprint density at radius 3 is 2.60 bits per heavy atom. The minimum Gasteiger partial charge on any atom is -0.478 e. The molecule has 0 radical (unpaired) electrons. The van der Waals surface area contributed by atoms with Crippen LogP contribution in [0.4, 0.5) is 0 Å². The van der Waals surface area contributed by atoms with E-state index in [0.717, 1.165) is 10.9 Å². The monoisotopic (exact) mass is 207 g/mol. The summed E-state index contributed by atoms with van der Waals surface area (Å²) in [6.45, 7) is 0. The predicted molar refractivity (Wildman–Crippen MR) is 58.3 cm³/mol. The molecular weight excluding hydrogens is 194 g/mol. The van der Waals surface area contributed by atoms with E-state index in [1.54, 1.807) is 12.1 Å². The molecule has 2 rings (SSSR count). The van der Waals surface area contributed by atoms with Gasteiger partial charge >= 0.3 is 5.97 Å². The predicted octanol–water partition coefficient (Wildman–Crippen LogP) is 0.695. The molecule has 0 aliphatic carbocycles. The van der Waals surface area contributed by atoms with E-state index in [2.05, 4.69) is 11.7 Å². The van der Waals surface area contributed by atoms with Crippen molar-refractivity contribution in [3.05, 3.63) is 36.0 Å². The van der Waals surface area contributed by atoms with Crippen LogP contribution in [0.5, 0.6) is 0 Å². The Morgan fingerprint density at radius 1 is 1.33 bits per heavy atom. The van der Waals surface area contributed by atoms with Gasteiger partial charge in [0.05, 0.1) is 5.56 Å². The van der Waals surface area contributed by atoms with Crippen LogP contribution in [0.25, 0.3) is 10.9 Å². The molecule has 0 spiro atoms. The summed E-state index contributed by atoms with van der Waals surface area (Å²) >= 11 is 0. The van der Waals surface area contributed by atoms with Gasteiger partial charge in [-0.05, 0) is 24.3 Å². The van der Waals surface area contributed by atoms with E-state index in [4.69, 9.17) is 5.11 Å². The number of hydrogen-bond acceptors (Lipinski definition) is 3. The molecule has 5 heteroatoms. The molecule has 1 aromatic heterocycles. The van der Waals surface area contributed by atoms with Gasteiger partial charge in [-0.25, -0.2) is 4.79 Å². The first-order valence-corrected chi connectivity index (χ1v) is 4.30. The van der Waals surface area contributed by atoms with Crippen molar-refractivity contribution < 1.29 is 9.90 Å². The third-order valence-electron chi connectivity index (χ3n) is 2.13. The van der Waals surface area contributed by atoms with E-state index in [1.165, 1.54) is 0 Å². The van der Waals surface area contributed by atoms with Gasteiger partial charge in [0.1, 0.15) is 0 Å². The highest BCUT2D eigenvalue weighted by molar-refractivity contribution is 5.93. The number of nitrogens with two attached hydrogens (primary N) is 2. The van der Waals surface area contributed by atoms with Gasteiger partial charge < -0.3 is 9.67 Å². The fourth-order valence-corrected chi connectivity index (χ4v) is 1.41. The topological polar surface area (TPSA) is 94.3 Å². The molecule has 0 aliphatic heterocycles. The highest BCUT2D eigenvalue weighted by Gasteiger charge is 2.04. The molecule has 0 unspecified atom stereocenters. The average molecular weight is 207 g/mol. The number of aromatic nitrogens is 1. The summed E-state index contributed by atoms with van der Waals surface area (Å²) < 4.78 is 1.96. The number of carboxylic acids is 1. The van der Waals surface area contributed by atoms with Crippen LogP contribution < -0.4 is 11.7 Å². The second-order valence-electron chi connectivity index (χ2n) is 3.01. The summed E-state index contributed by atoms with van der Waals surface area (Å²) in [5, 5.41) is 9.70.